The van der Waals surface area contributed by atoms with Gasteiger partial charge in [0, 0.05) is 55.5 Å². The second-order valence-corrected chi connectivity index (χ2v) is 6.88. The number of carbonyl (C=O) groups is 1. The zero-order chi connectivity index (χ0) is 21.2. The Labute approximate surface area is 181 Å². The number of hydrogen-bond acceptors (Lipinski definition) is 7. The highest BCUT2D eigenvalue weighted by Crippen LogP contribution is 2.18. The number of thiol groups is 1. The molecule has 2 heterocycles. The Kier molecular flexibility index (Phi) is 8.25. The van der Waals surface area contributed by atoms with E-state index in [1.165, 1.54) is 0 Å². The third kappa shape index (κ3) is 6.58. The van der Waals surface area contributed by atoms with E-state index in [1.54, 1.807) is 23.9 Å². The molecule has 0 unspecified atom stereocenters. The van der Waals surface area contributed by atoms with Crippen LogP contribution < -0.4 is 16.0 Å². The van der Waals surface area contributed by atoms with Gasteiger partial charge in [-0.25, -0.2) is 14.8 Å². The van der Waals surface area contributed by atoms with Gasteiger partial charge in [-0.1, -0.05) is 12.7 Å². The summed E-state index contributed by atoms with van der Waals surface area (Å²) < 4.78 is 5.31. The van der Waals surface area contributed by atoms with E-state index in [-0.39, 0.29) is 6.03 Å². The number of urea groups is 1. The highest BCUT2D eigenvalue weighted by atomic mass is 32.1. The molecule has 1 saturated heterocycles. The van der Waals surface area contributed by atoms with Gasteiger partial charge in [0.05, 0.1) is 13.2 Å². The van der Waals surface area contributed by atoms with Gasteiger partial charge in [0.1, 0.15) is 0 Å². The number of carbonyl (C=O) groups excluding carboxylic acids is 1. The van der Waals surface area contributed by atoms with Crippen LogP contribution in [0.3, 0.4) is 0 Å². The number of amides is 2. The maximum atomic E-state index is 12.0. The first-order chi connectivity index (χ1) is 14.7. The highest BCUT2D eigenvalue weighted by molar-refractivity contribution is 7.83. The SMILES string of the molecule is C=C/C(=C\S)c1cnc(Nc2ccc(NC(=O)NCCN3CCOCC3)cc2)nc1. The molecule has 0 radical (unpaired) electrons. The molecule has 0 aliphatic carbocycles. The van der Waals surface area contributed by atoms with Gasteiger partial charge in [-0.05, 0) is 35.2 Å². The van der Waals surface area contributed by atoms with E-state index in [4.69, 9.17) is 4.74 Å². The minimum Gasteiger partial charge on any atom is -0.379 e. The molecule has 0 spiro atoms. The summed E-state index contributed by atoms with van der Waals surface area (Å²) >= 11 is 4.14. The summed E-state index contributed by atoms with van der Waals surface area (Å²) in [6, 6.07) is 7.11. The van der Waals surface area contributed by atoms with Crippen LogP contribution in [0.2, 0.25) is 0 Å². The second kappa shape index (κ2) is 11.3. The number of rotatable bonds is 8. The van der Waals surface area contributed by atoms with Gasteiger partial charge in [0.15, 0.2) is 0 Å². The first-order valence-corrected chi connectivity index (χ1v) is 10.2. The molecular weight excluding hydrogens is 400 g/mol. The van der Waals surface area contributed by atoms with Crippen LogP contribution in [0.1, 0.15) is 5.56 Å². The number of nitrogens with zero attached hydrogens (tertiary/aromatic N) is 3. The van der Waals surface area contributed by atoms with Crippen LogP contribution in [0.5, 0.6) is 0 Å². The topological polar surface area (TPSA) is 91.4 Å². The predicted octanol–water partition coefficient (Wildman–Crippen LogP) is 3.13. The number of aromatic nitrogens is 2. The summed E-state index contributed by atoms with van der Waals surface area (Å²) in [5, 5.41) is 10.5. The van der Waals surface area contributed by atoms with Gasteiger partial charge in [0.2, 0.25) is 5.95 Å². The van der Waals surface area contributed by atoms with E-state index in [0.29, 0.717) is 18.2 Å². The Morgan fingerprint density at radius 2 is 1.83 bits per heavy atom. The summed E-state index contributed by atoms with van der Waals surface area (Å²) in [5.41, 5.74) is 3.21. The van der Waals surface area contributed by atoms with Crippen LogP contribution >= 0.6 is 12.6 Å². The summed E-state index contributed by atoms with van der Waals surface area (Å²) in [7, 11) is 0. The molecule has 0 atom stereocenters. The van der Waals surface area contributed by atoms with E-state index in [1.807, 2.05) is 24.3 Å². The van der Waals surface area contributed by atoms with Crippen molar-refractivity contribution >= 4 is 41.6 Å². The molecule has 3 rings (SSSR count). The second-order valence-electron chi connectivity index (χ2n) is 6.62. The molecule has 3 N–H and O–H groups in total. The number of ether oxygens (including phenoxy) is 1. The van der Waals surface area contributed by atoms with Gasteiger partial charge >= 0.3 is 6.03 Å². The van der Waals surface area contributed by atoms with Crippen molar-refractivity contribution in [3.63, 3.8) is 0 Å². The van der Waals surface area contributed by atoms with Crippen molar-refractivity contribution in [2.24, 2.45) is 0 Å². The molecule has 30 heavy (non-hydrogen) atoms. The van der Waals surface area contributed by atoms with E-state index in [0.717, 1.165) is 49.7 Å². The van der Waals surface area contributed by atoms with E-state index >= 15 is 0 Å². The molecule has 1 fully saturated rings. The van der Waals surface area contributed by atoms with Crippen LogP contribution in [0.4, 0.5) is 22.1 Å². The Morgan fingerprint density at radius 3 is 2.47 bits per heavy atom. The Morgan fingerprint density at radius 1 is 1.17 bits per heavy atom. The van der Waals surface area contributed by atoms with E-state index < -0.39 is 0 Å². The Hall–Kier alpha value is -2.88. The summed E-state index contributed by atoms with van der Waals surface area (Å²) in [5.74, 6) is 0.475. The summed E-state index contributed by atoms with van der Waals surface area (Å²) in [4.78, 5) is 22.9. The van der Waals surface area contributed by atoms with Gasteiger partial charge in [-0.2, -0.15) is 12.6 Å². The highest BCUT2D eigenvalue weighted by Gasteiger charge is 2.10. The zero-order valence-corrected chi connectivity index (χ0v) is 17.6. The van der Waals surface area contributed by atoms with E-state index in [9.17, 15) is 4.79 Å². The van der Waals surface area contributed by atoms with Gasteiger partial charge in [-0.3, -0.25) is 4.90 Å². The first-order valence-electron chi connectivity index (χ1n) is 9.69. The normalized spacial score (nSPS) is 14.8. The third-order valence-electron chi connectivity index (χ3n) is 4.56. The lowest BCUT2D eigenvalue weighted by Crippen LogP contribution is -2.42. The minimum atomic E-state index is -0.224. The molecule has 8 nitrogen and oxygen atoms in total. The number of anilines is 3. The molecule has 0 bridgehead atoms. The number of benzene rings is 1. The molecule has 1 aliphatic rings. The van der Waals surface area contributed by atoms with Crippen LogP contribution in [-0.2, 0) is 4.74 Å². The molecule has 1 aromatic heterocycles. The molecule has 1 aliphatic heterocycles. The van der Waals surface area contributed by atoms with Crippen molar-refractivity contribution in [1.29, 1.82) is 0 Å². The molecular formula is C21H26N6O2S. The summed E-state index contributed by atoms with van der Waals surface area (Å²) in [6.45, 7) is 8.47. The van der Waals surface area contributed by atoms with Crippen molar-refractivity contribution in [2.45, 2.75) is 0 Å². The fraction of sp³-hybridized carbons (Fsp3) is 0.286. The van der Waals surface area contributed by atoms with Crippen LogP contribution in [0.15, 0.2) is 54.7 Å². The first kappa shape index (κ1) is 21.8. The number of morpholine rings is 1. The lowest BCUT2D eigenvalue weighted by molar-refractivity contribution is 0.0388. The van der Waals surface area contributed by atoms with Crippen molar-refractivity contribution in [3.05, 3.63) is 60.3 Å². The molecule has 158 valence electrons. The largest absolute Gasteiger partial charge is 0.379 e. The Bertz CT molecular complexity index is 864. The smallest absolute Gasteiger partial charge is 0.319 e. The summed E-state index contributed by atoms with van der Waals surface area (Å²) in [6.07, 6.45) is 5.11. The lowest BCUT2D eigenvalue weighted by atomic mass is 10.2. The number of nitrogens with one attached hydrogen (secondary N) is 3. The maximum Gasteiger partial charge on any atom is 0.319 e. The van der Waals surface area contributed by atoms with Gasteiger partial charge < -0.3 is 20.7 Å². The van der Waals surface area contributed by atoms with Gasteiger partial charge in [-0.15, -0.1) is 0 Å². The fourth-order valence-electron chi connectivity index (χ4n) is 2.88. The van der Waals surface area contributed by atoms with Crippen molar-refractivity contribution in [3.8, 4) is 0 Å². The molecule has 0 saturated carbocycles. The molecule has 1 aromatic carbocycles. The van der Waals surface area contributed by atoms with Crippen molar-refractivity contribution in [2.75, 3.05) is 50.0 Å². The quantitative estimate of drug-likeness (QED) is 0.383. The predicted molar refractivity (Wildman–Crippen MR) is 123 cm³/mol. The average Bonchev–Trinajstić information content (AvgIpc) is 2.78. The Balaban J connectivity index is 1.45. The monoisotopic (exact) mass is 426 g/mol. The van der Waals surface area contributed by atoms with Crippen LogP contribution in [-0.4, -0.2) is 60.3 Å². The van der Waals surface area contributed by atoms with Crippen molar-refractivity contribution < 1.29 is 9.53 Å². The van der Waals surface area contributed by atoms with Crippen molar-refractivity contribution in [1.82, 2.24) is 20.2 Å². The number of allylic oxidation sites excluding steroid dienone is 2. The molecule has 9 heteroatoms. The van der Waals surface area contributed by atoms with Crippen LogP contribution in [0, 0.1) is 0 Å². The fourth-order valence-corrected chi connectivity index (χ4v) is 3.13. The maximum absolute atomic E-state index is 12.0. The zero-order valence-electron chi connectivity index (χ0n) is 16.7. The minimum absolute atomic E-state index is 0.224. The van der Waals surface area contributed by atoms with E-state index in [2.05, 4.69) is 50.0 Å². The lowest BCUT2D eigenvalue weighted by Gasteiger charge is -2.26. The average molecular weight is 427 g/mol. The third-order valence-corrected chi connectivity index (χ3v) is 4.84. The van der Waals surface area contributed by atoms with Crippen LogP contribution in [0.25, 0.3) is 5.57 Å². The molecule has 2 amide bonds. The molecule has 2 aromatic rings. The standard InChI is InChI=1S/C21H26N6O2S/c1-2-16(15-30)17-13-23-20(24-14-17)25-18-3-5-19(6-4-18)26-21(28)22-7-8-27-9-11-29-12-10-27/h2-6,13-15,30H,1,7-12H2,(H2,22,26,28)(H,23,24,25)/b16-15+. The van der Waals surface area contributed by atoms with Gasteiger partial charge in [0.25, 0.3) is 0 Å². The number of hydrogen-bond donors (Lipinski definition) is 4.